The largest absolute Gasteiger partial charge is 0.508 e. The van der Waals surface area contributed by atoms with E-state index < -0.39 is 0 Å². The number of hydrogen-bond acceptors (Lipinski definition) is 6. The van der Waals surface area contributed by atoms with Gasteiger partial charge in [0.05, 0.1) is 5.39 Å². The molecule has 2 heterocycles. The first-order valence-corrected chi connectivity index (χ1v) is 7.87. The van der Waals surface area contributed by atoms with Crippen LogP contribution in [0.1, 0.15) is 24.2 Å². The Morgan fingerprint density at radius 1 is 1.43 bits per heavy atom. The Kier molecular flexibility index (Phi) is 3.90. The Labute approximate surface area is 127 Å². The highest BCUT2D eigenvalue weighted by Gasteiger charge is 2.17. The average Bonchev–Trinajstić information content (AvgIpc) is 2.87. The number of aliphatic hydroxyl groups is 1. The van der Waals surface area contributed by atoms with Gasteiger partial charge in [0.2, 0.25) is 0 Å². The number of allylic oxidation sites excluding steroid dienone is 3. The maximum absolute atomic E-state index is 10.0. The predicted molar refractivity (Wildman–Crippen MR) is 87.6 cm³/mol. The van der Waals surface area contributed by atoms with Crippen LogP contribution in [0.2, 0.25) is 0 Å². The SMILES string of the molecule is Cc1csc2nc(C3=C(O)C=CCC3)nc(NCCN)c12. The molecule has 2 aromatic heterocycles. The van der Waals surface area contributed by atoms with Gasteiger partial charge in [-0.15, -0.1) is 11.3 Å². The lowest BCUT2D eigenvalue weighted by Crippen LogP contribution is -2.15. The molecule has 3 rings (SSSR count). The van der Waals surface area contributed by atoms with E-state index in [2.05, 4.69) is 27.6 Å². The molecular formula is C15H18N4OS. The number of nitrogens with two attached hydrogens (primary N) is 1. The molecule has 0 saturated carbocycles. The molecule has 0 spiro atoms. The fourth-order valence-corrected chi connectivity index (χ4v) is 3.34. The van der Waals surface area contributed by atoms with Gasteiger partial charge in [0.25, 0.3) is 0 Å². The molecule has 0 saturated heterocycles. The number of anilines is 1. The standard InChI is InChI=1S/C15H18N4OS/c1-9-8-21-15-12(9)14(17-7-6-16)18-13(19-15)10-4-2-3-5-11(10)20/h3,5,8,20H,2,4,6-7,16H2,1H3,(H,17,18,19). The molecule has 0 atom stereocenters. The summed E-state index contributed by atoms with van der Waals surface area (Å²) in [7, 11) is 0. The van der Waals surface area contributed by atoms with Gasteiger partial charge in [0.1, 0.15) is 16.4 Å². The minimum absolute atomic E-state index is 0.263. The molecule has 0 amide bonds. The lowest BCUT2D eigenvalue weighted by molar-refractivity contribution is 0.430. The Hall–Kier alpha value is -1.92. The summed E-state index contributed by atoms with van der Waals surface area (Å²) in [5, 5.41) is 16.4. The molecule has 2 aromatic rings. The van der Waals surface area contributed by atoms with Crippen LogP contribution in [0.25, 0.3) is 15.8 Å². The topological polar surface area (TPSA) is 84.1 Å². The molecule has 6 heteroatoms. The number of aromatic nitrogens is 2. The lowest BCUT2D eigenvalue weighted by Gasteiger charge is -2.13. The molecule has 0 aliphatic heterocycles. The summed E-state index contributed by atoms with van der Waals surface area (Å²) < 4.78 is 0. The van der Waals surface area contributed by atoms with Gasteiger partial charge in [-0.3, -0.25) is 0 Å². The van der Waals surface area contributed by atoms with Crippen LogP contribution in [-0.2, 0) is 0 Å². The van der Waals surface area contributed by atoms with Crippen molar-refractivity contribution in [3.8, 4) is 0 Å². The third-order valence-corrected chi connectivity index (χ3v) is 4.46. The third kappa shape index (κ3) is 2.64. The molecule has 0 radical (unpaired) electrons. The monoisotopic (exact) mass is 302 g/mol. The van der Waals surface area contributed by atoms with Crippen molar-refractivity contribution in [2.24, 2.45) is 5.73 Å². The normalized spacial score (nSPS) is 15.0. The van der Waals surface area contributed by atoms with Crippen molar-refractivity contribution >= 4 is 32.9 Å². The summed E-state index contributed by atoms with van der Waals surface area (Å²) in [4.78, 5) is 10.2. The van der Waals surface area contributed by atoms with Crippen molar-refractivity contribution in [2.75, 3.05) is 18.4 Å². The number of thiophene rings is 1. The summed E-state index contributed by atoms with van der Waals surface area (Å²) in [5.41, 5.74) is 7.54. The van der Waals surface area contributed by atoms with Gasteiger partial charge in [-0.25, -0.2) is 9.97 Å². The zero-order chi connectivity index (χ0) is 14.8. The summed E-state index contributed by atoms with van der Waals surface area (Å²) in [6.07, 6.45) is 5.34. The minimum atomic E-state index is 0.263. The van der Waals surface area contributed by atoms with E-state index in [4.69, 9.17) is 5.73 Å². The first kappa shape index (κ1) is 14.0. The number of nitrogens with one attached hydrogen (secondary N) is 1. The number of aliphatic hydroxyl groups excluding tert-OH is 1. The third-order valence-electron chi connectivity index (χ3n) is 3.47. The first-order chi connectivity index (χ1) is 10.2. The molecule has 21 heavy (non-hydrogen) atoms. The van der Waals surface area contributed by atoms with E-state index in [1.54, 1.807) is 17.4 Å². The highest BCUT2D eigenvalue weighted by molar-refractivity contribution is 7.17. The molecule has 0 unspecified atom stereocenters. The first-order valence-electron chi connectivity index (χ1n) is 6.99. The van der Waals surface area contributed by atoms with Gasteiger partial charge < -0.3 is 16.2 Å². The maximum Gasteiger partial charge on any atom is 0.162 e. The number of fused-ring (bicyclic) bond motifs is 1. The summed E-state index contributed by atoms with van der Waals surface area (Å²) in [6.45, 7) is 3.25. The summed E-state index contributed by atoms with van der Waals surface area (Å²) in [5.74, 6) is 1.67. The van der Waals surface area contributed by atoms with Crippen molar-refractivity contribution < 1.29 is 5.11 Å². The highest BCUT2D eigenvalue weighted by atomic mass is 32.1. The van der Waals surface area contributed by atoms with E-state index >= 15 is 0 Å². The number of nitrogens with zero attached hydrogens (tertiary/aromatic N) is 2. The fourth-order valence-electron chi connectivity index (χ4n) is 2.42. The van der Waals surface area contributed by atoms with Crippen LogP contribution in [0.3, 0.4) is 0 Å². The van der Waals surface area contributed by atoms with Crippen molar-refractivity contribution in [2.45, 2.75) is 19.8 Å². The van der Waals surface area contributed by atoms with Crippen molar-refractivity contribution in [1.29, 1.82) is 0 Å². The Morgan fingerprint density at radius 2 is 2.29 bits per heavy atom. The van der Waals surface area contributed by atoms with E-state index in [0.29, 0.717) is 18.9 Å². The van der Waals surface area contributed by atoms with Crippen LogP contribution in [0.4, 0.5) is 5.82 Å². The van der Waals surface area contributed by atoms with Crippen LogP contribution in [0.15, 0.2) is 23.3 Å². The Bertz CT molecular complexity index is 733. The molecule has 110 valence electrons. The number of hydrogen-bond donors (Lipinski definition) is 3. The highest BCUT2D eigenvalue weighted by Crippen LogP contribution is 2.33. The maximum atomic E-state index is 10.0. The molecule has 0 bridgehead atoms. The second kappa shape index (κ2) is 5.83. The van der Waals surface area contributed by atoms with Gasteiger partial charge >= 0.3 is 0 Å². The van der Waals surface area contributed by atoms with Crippen LogP contribution in [-0.4, -0.2) is 28.2 Å². The van der Waals surface area contributed by atoms with Gasteiger partial charge in [-0.05, 0) is 36.8 Å². The van der Waals surface area contributed by atoms with Gasteiger partial charge in [0, 0.05) is 18.7 Å². The molecule has 0 aromatic carbocycles. The number of aryl methyl sites for hydroxylation is 1. The van der Waals surface area contributed by atoms with E-state index in [0.717, 1.165) is 40.0 Å². The van der Waals surface area contributed by atoms with E-state index in [1.165, 1.54) is 0 Å². The molecule has 1 aliphatic rings. The quantitative estimate of drug-likeness (QED) is 0.808. The smallest absolute Gasteiger partial charge is 0.162 e. The van der Waals surface area contributed by atoms with E-state index in [-0.39, 0.29) is 5.76 Å². The zero-order valence-electron chi connectivity index (χ0n) is 11.9. The second-order valence-corrected chi connectivity index (χ2v) is 5.87. The van der Waals surface area contributed by atoms with E-state index in [9.17, 15) is 5.11 Å². The van der Waals surface area contributed by atoms with Gasteiger partial charge in [0.15, 0.2) is 5.82 Å². The van der Waals surface area contributed by atoms with Crippen LogP contribution in [0.5, 0.6) is 0 Å². The fraction of sp³-hybridized carbons (Fsp3) is 0.333. The minimum Gasteiger partial charge on any atom is -0.508 e. The number of rotatable bonds is 4. The predicted octanol–water partition coefficient (Wildman–Crippen LogP) is 2.99. The lowest BCUT2D eigenvalue weighted by atomic mass is 10.0. The summed E-state index contributed by atoms with van der Waals surface area (Å²) in [6, 6.07) is 0. The molecule has 5 nitrogen and oxygen atoms in total. The van der Waals surface area contributed by atoms with Crippen LogP contribution < -0.4 is 11.1 Å². The average molecular weight is 302 g/mol. The van der Waals surface area contributed by atoms with E-state index in [1.807, 2.05) is 6.08 Å². The van der Waals surface area contributed by atoms with Crippen molar-refractivity contribution in [1.82, 2.24) is 9.97 Å². The summed E-state index contributed by atoms with van der Waals surface area (Å²) >= 11 is 1.60. The molecular weight excluding hydrogens is 284 g/mol. The Morgan fingerprint density at radius 3 is 3.05 bits per heavy atom. The van der Waals surface area contributed by atoms with Crippen molar-refractivity contribution in [3.63, 3.8) is 0 Å². The molecule has 0 fully saturated rings. The van der Waals surface area contributed by atoms with Gasteiger partial charge in [-0.1, -0.05) is 6.08 Å². The van der Waals surface area contributed by atoms with Crippen LogP contribution >= 0.6 is 11.3 Å². The molecule has 4 N–H and O–H groups in total. The zero-order valence-corrected chi connectivity index (χ0v) is 12.7. The van der Waals surface area contributed by atoms with Gasteiger partial charge in [-0.2, -0.15) is 0 Å². The Balaban J connectivity index is 2.14. The molecule has 1 aliphatic carbocycles. The van der Waals surface area contributed by atoms with Crippen LogP contribution in [0, 0.1) is 6.92 Å². The van der Waals surface area contributed by atoms with Crippen molar-refractivity contribution in [3.05, 3.63) is 34.7 Å². The second-order valence-electron chi connectivity index (χ2n) is 5.01.